The van der Waals surface area contributed by atoms with Crippen LogP contribution in [0.5, 0.6) is 0 Å². The van der Waals surface area contributed by atoms with Crippen LogP contribution in [0, 0.1) is 0 Å². The molecule has 6 nitrogen and oxygen atoms in total. The van der Waals surface area contributed by atoms with Crippen LogP contribution in [0.1, 0.15) is 25.0 Å². The highest BCUT2D eigenvalue weighted by atomic mass is 35.5. The Hall–Kier alpha value is -3.06. The number of rotatable bonds is 4. The molecule has 0 N–H and O–H groups in total. The zero-order valence-electron chi connectivity index (χ0n) is 21.3. The summed E-state index contributed by atoms with van der Waals surface area (Å²) in [6, 6.07) is 15.8. The zero-order chi connectivity index (χ0) is 25.8. The zero-order valence-corrected chi connectivity index (χ0v) is 22.8. The van der Waals surface area contributed by atoms with Crippen molar-refractivity contribution in [2.75, 3.05) is 13.1 Å². The van der Waals surface area contributed by atoms with Gasteiger partial charge >= 0.3 is 0 Å². The molecule has 37 heavy (non-hydrogen) atoms. The van der Waals surface area contributed by atoms with Gasteiger partial charge in [-0.3, -0.25) is 18.9 Å². The average molecular weight is 534 g/mol. The van der Waals surface area contributed by atoms with Gasteiger partial charge in [-0.1, -0.05) is 41.8 Å². The summed E-state index contributed by atoms with van der Waals surface area (Å²) < 4.78 is 5.78. The number of halogens is 2. The van der Waals surface area contributed by atoms with Gasteiger partial charge in [0, 0.05) is 60.2 Å². The molecule has 190 valence electrons. The number of benzene rings is 2. The molecule has 2 aromatic carbocycles. The molecule has 6 rings (SSSR count). The summed E-state index contributed by atoms with van der Waals surface area (Å²) in [6.07, 6.45) is 3.87. The molecule has 0 amide bonds. The Labute approximate surface area is 225 Å². The number of hydrogen-bond donors (Lipinski definition) is 0. The van der Waals surface area contributed by atoms with Crippen molar-refractivity contribution in [3.05, 3.63) is 74.6 Å². The second-order valence-electron chi connectivity index (χ2n) is 10.1. The predicted molar refractivity (Wildman–Crippen MR) is 152 cm³/mol. The van der Waals surface area contributed by atoms with Crippen LogP contribution in [0.2, 0.25) is 10.0 Å². The SMILES string of the molecule is Cn1nc(-c2ccc3c(c2)c2cc(-c4ccc(Cl)cc4Cl)c(=O)n(C)c2n3C)cc1CN1CCCCC1. The third-order valence-electron chi connectivity index (χ3n) is 7.68. The summed E-state index contributed by atoms with van der Waals surface area (Å²) in [5, 5.41) is 7.91. The van der Waals surface area contributed by atoms with Crippen LogP contribution in [-0.4, -0.2) is 36.9 Å². The van der Waals surface area contributed by atoms with Crippen LogP contribution in [0.25, 0.3) is 44.3 Å². The number of likely N-dealkylation sites (tertiary alicyclic amines) is 1. The molecule has 0 saturated carbocycles. The van der Waals surface area contributed by atoms with Crippen molar-refractivity contribution in [3.63, 3.8) is 0 Å². The molecule has 0 bridgehead atoms. The predicted octanol–water partition coefficient (Wildman–Crippen LogP) is 6.39. The highest BCUT2D eigenvalue weighted by Crippen LogP contribution is 2.35. The normalized spacial score (nSPS) is 14.7. The maximum absolute atomic E-state index is 13.4. The van der Waals surface area contributed by atoms with E-state index in [9.17, 15) is 4.79 Å². The molecular weight excluding hydrogens is 505 g/mol. The van der Waals surface area contributed by atoms with E-state index in [0.29, 0.717) is 21.2 Å². The lowest BCUT2D eigenvalue weighted by Gasteiger charge is -2.26. The summed E-state index contributed by atoms with van der Waals surface area (Å²) in [7, 11) is 5.83. The Bertz CT molecular complexity index is 1720. The van der Waals surface area contributed by atoms with Gasteiger partial charge in [0.05, 0.1) is 21.9 Å². The fourth-order valence-electron chi connectivity index (χ4n) is 5.69. The molecule has 0 aliphatic carbocycles. The van der Waals surface area contributed by atoms with Crippen LogP contribution in [0.15, 0.2) is 53.3 Å². The first-order chi connectivity index (χ1) is 17.8. The van der Waals surface area contributed by atoms with Crippen LogP contribution in [0.4, 0.5) is 0 Å². The average Bonchev–Trinajstić information content (AvgIpc) is 3.39. The van der Waals surface area contributed by atoms with Crippen molar-refractivity contribution in [1.82, 2.24) is 23.8 Å². The standard InChI is InChI=1S/C29H29Cl2N5O/c1-33-27-10-7-18(26-15-20(35(3)32-26)17-36-11-5-4-6-12-36)13-22(27)23-16-24(29(37)34(2)28(23)33)21-9-8-19(30)14-25(21)31/h7-10,13-16H,4-6,11-12,17H2,1-3H3. The lowest BCUT2D eigenvalue weighted by molar-refractivity contribution is 0.216. The topological polar surface area (TPSA) is 48.0 Å². The maximum Gasteiger partial charge on any atom is 0.259 e. The second kappa shape index (κ2) is 9.35. The van der Waals surface area contributed by atoms with Crippen molar-refractivity contribution >= 4 is 45.1 Å². The van der Waals surface area contributed by atoms with Crippen LogP contribution in [0.3, 0.4) is 0 Å². The molecule has 3 aromatic heterocycles. The van der Waals surface area contributed by atoms with Gasteiger partial charge in [0.15, 0.2) is 0 Å². The molecule has 1 saturated heterocycles. The van der Waals surface area contributed by atoms with E-state index < -0.39 is 0 Å². The van der Waals surface area contributed by atoms with Crippen molar-refractivity contribution in [2.24, 2.45) is 21.1 Å². The minimum Gasteiger partial charge on any atom is -0.330 e. The summed E-state index contributed by atoms with van der Waals surface area (Å²) in [5.41, 5.74) is 6.27. The van der Waals surface area contributed by atoms with Crippen molar-refractivity contribution in [2.45, 2.75) is 25.8 Å². The monoisotopic (exact) mass is 533 g/mol. The highest BCUT2D eigenvalue weighted by Gasteiger charge is 2.19. The smallest absolute Gasteiger partial charge is 0.259 e. The molecule has 1 fully saturated rings. The van der Waals surface area contributed by atoms with Crippen molar-refractivity contribution < 1.29 is 0 Å². The van der Waals surface area contributed by atoms with Crippen LogP contribution >= 0.6 is 23.2 Å². The molecule has 5 aromatic rings. The van der Waals surface area contributed by atoms with Gasteiger partial charge in [-0.25, -0.2) is 0 Å². The molecule has 0 atom stereocenters. The third-order valence-corrected chi connectivity index (χ3v) is 8.22. The minimum atomic E-state index is -0.102. The molecule has 8 heteroatoms. The van der Waals surface area contributed by atoms with E-state index in [1.54, 1.807) is 16.7 Å². The molecule has 1 aliphatic rings. The molecule has 0 radical (unpaired) electrons. The maximum atomic E-state index is 13.4. The quantitative estimate of drug-likeness (QED) is 0.269. The van der Waals surface area contributed by atoms with E-state index in [1.165, 1.54) is 25.0 Å². The van der Waals surface area contributed by atoms with E-state index in [-0.39, 0.29) is 5.56 Å². The summed E-state index contributed by atoms with van der Waals surface area (Å²) >= 11 is 12.6. The first kappa shape index (κ1) is 24.3. The van der Waals surface area contributed by atoms with Crippen molar-refractivity contribution in [3.8, 4) is 22.4 Å². The van der Waals surface area contributed by atoms with E-state index >= 15 is 0 Å². The Morgan fingerprint density at radius 3 is 2.38 bits per heavy atom. The lowest BCUT2D eigenvalue weighted by atomic mass is 10.0. The fourth-order valence-corrected chi connectivity index (χ4v) is 6.20. The molecular formula is C29H29Cl2N5O. The molecule has 0 unspecified atom stereocenters. The van der Waals surface area contributed by atoms with Crippen LogP contribution in [-0.2, 0) is 27.7 Å². The van der Waals surface area contributed by atoms with Gasteiger partial charge < -0.3 is 4.57 Å². The van der Waals surface area contributed by atoms with Gasteiger partial charge in [0.2, 0.25) is 0 Å². The number of nitrogens with zero attached hydrogens (tertiary/aromatic N) is 5. The van der Waals surface area contributed by atoms with E-state index in [2.05, 4.69) is 33.7 Å². The Morgan fingerprint density at radius 1 is 0.838 bits per heavy atom. The summed E-state index contributed by atoms with van der Waals surface area (Å²) in [6.45, 7) is 3.23. The Balaban J connectivity index is 1.48. The molecule has 0 spiro atoms. The Morgan fingerprint density at radius 2 is 1.62 bits per heavy atom. The number of hydrogen-bond acceptors (Lipinski definition) is 3. The number of pyridine rings is 1. The molecule has 4 heterocycles. The highest BCUT2D eigenvalue weighted by molar-refractivity contribution is 6.36. The largest absolute Gasteiger partial charge is 0.330 e. The number of fused-ring (bicyclic) bond motifs is 3. The minimum absolute atomic E-state index is 0.102. The van der Waals surface area contributed by atoms with Gasteiger partial charge in [-0.15, -0.1) is 0 Å². The van der Waals surface area contributed by atoms with E-state index in [0.717, 1.165) is 52.8 Å². The van der Waals surface area contributed by atoms with E-state index in [1.807, 2.05) is 38.0 Å². The van der Waals surface area contributed by atoms with Crippen LogP contribution < -0.4 is 5.56 Å². The lowest BCUT2D eigenvalue weighted by Crippen LogP contribution is -2.29. The second-order valence-corrected chi connectivity index (χ2v) is 10.9. The number of aryl methyl sites for hydroxylation is 3. The third kappa shape index (κ3) is 4.17. The summed E-state index contributed by atoms with van der Waals surface area (Å²) in [5.74, 6) is 0. The van der Waals surface area contributed by atoms with Gasteiger partial charge in [0.1, 0.15) is 5.65 Å². The van der Waals surface area contributed by atoms with Gasteiger partial charge in [-0.05, 0) is 62.3 Å². The number of aromatic nitrogens is 4. The van der Waals surface area contributed by atoms with Crippen molar-refractivity contribution in [1.29, 1.82) is 0 Å². The fraction of sp³-hybridized carbons (Fsp3) is 0.310. The van der Waals surface area contributed by atoms with E-state index in [4.69, 9.17) is 28.3 Å². The first-order valence-corrected chi connectivity index (χ1v) is 13.4. The number of piperidine rings is 1. The van der Waals surface area contributed by atoms with Gasteiger partial charge in [0.25, 0.3) is 5.56 Å². The molecule has 1 aliphatic heterocycles. The Kier molecular flexibility index (Phi) is 6.14. The summed E-state index contributed by atoms with van der Waals surface area (Å²) in [4.78, 5) is 15.9. The first-order valence-electron chi connectivity index (χ1n) is 12.6. The van der Waals surface area contributed by atoms with Gasteiger partial charge in [-0.2, -0.15) is 5.10 Å².